The Kier molecular flexibility index (Phi) is 7.85. The molecule has 0 radical (unpaired) electrons. The van der Waals surface area contributed by atoms with E-state index in [-0.39, 0.29) is 0 Å². The van der Waals surface area contributed by atoms with Crippen molar-refractivity contribution in [3.05, 3.63) is 36.4 Å². The van der Waals surface area contributed by atoms with Crippen molar-refractivity contribution in [1.82, 2.24) is 15.3 Å². The van der Waals surface area contributed by atoms with Crippen LogP contribution in [0.5, 0.6) is 0 Å². The van der Waals surface area contributed by atoms with Crippen molar-refractivity contribution < 1.29 is 0 Å². The van der Waals surface area contributed by atoms with Crippen LogP contribution in [0.4, 0.5) is 23.3 Å². The Morgan fingerprint density at radius 1 is 0.939 bits per heavy atom. The van der Waals surface area contributed by atoms with Gasteiger partial charge in [-0.2, -0.15) is 9.97 Å². The van der Waals surface area contributed by atoms with Gasteiger partial charge in [-0.1, -0.05) is 39.0 Å². The second-order valence-corrected chi connectivity index (χ2v) is 9.86. The predicted octanol–water partition coefficient (Wildman–Crippen LogP) is 3.98. The van der Waals surface area contributed by atoms with E-state index >= 15 is 0 Å². The zero-order valence-electron chi connectivity index (χ0n) is 20.1. The molecule has 2 fully saturated rings. The third-order valence-corrected chi connectivity index (χ3v) is 6.62. The Balaban J connectivity index is 1.53. The zero-order chi connectivity index (χ0) is 23.2. The first-order chi connectivity index (χ1) is 16.0. The van der Waals surface area contributed by atoms with Crippen LogP contribution in [0.3, 0.4) is 0 Å². The van der Waals surface area contributed by atoms with Crippen LogP contribution < -0.4 is 25.3 Å². The smallest absolute Gasteiger partial charge is 0.232 e. The fourth-order valence-electron chi connectivity index (χ4n) is 4.87. The number of piperazine rings is 1. The van der Waals surface area contributed by atoms with Gasteiger partial charge < -0.3 is 25.3 Å². The van der Waals surface area contributed by atoms with Gasteiger partial charge in [0.05, 0.1) is 0 Å². The first kappa shape index (κ1) is 23.5. The molecule has 2 saturated heterocycles. The Hall–Kier alpha value is -2.61. The van der Waals surface area contributed by atoms with Crippen molar-refractivity contribution in [2.75, 3.05) is 65.8 Å². The fourth-order valence-corrected chi connectivity index (χ4v) is 5.06. The average molecular weight is 468 g/mol. The van der Waals surface area contributed by atoms with E-state index in [9.17, 15) is 0 Å². The summed E-state index contributed by atoms with van der Waals surface area (Å²) in [6, 6.07) is 12.8. The number of aromatic nitrogens is 2. The minimum absolute atomic E-state index is 0.576. The molecule has 0 bridgehead atoms. The highest BCUT2D eigenvalue weighted by molar-refractivity contribution is 7.80. The van der Waals surface area contributed by atoms with Crippen LogP contribution in [0.15, 0.2) is 36.4 Å². The summed E-state index contributed by atoms with van der Waals surface area (Å²) in [6.07, 6.45) is 2.29. The molecule has 2 atom stereocenters. The molecule has 2 aromatic rings. The molecule has 2 aliphatic heterocycles. The number of hydrogen-bond acceptors (Lipinski definition) is 6. The summed E-state index contributed by atoms with van der Waals surface area (Å²) in [5.74, 6) is 3.85. The monoisotopic (exact) mass is 467 g/mol. The quantitative estimate of drug-likeness (QED) is 0.619. The zero-order valence-corrected chi connectivity index (χ0v) is 20.9. The molecule has 1 aromatic carbocycles. The topological polar surface area (TPSA) is 59.6 Å². The van der Waals surface area contributed by atoms with E-state index in [4.69, 9.17) is 22.2 Å². The molecule has 33 heavy (non-hydrogen) atoms. The lowest BCUT2D eigenvalue weighted by molar-refractivity contribution is 0.355. The molecule has 2 aliphatic rings. The molecule has 0 spiro atoms. The van der Waals surface area contributed by atoms with Crippen LogP contribution in [-0.2, 0) is 0 Å². The van der Waals surface area contributed by atoms with Crippen molar-refractivity contribution in [1.29, 1.82) is 0 Å². The number of rotatable bonds is 6. The standard InChI is InChI=1S/C25H37N7S/c1-4-10-26-25(33)29-24-27-22(16-23(28-24)32-17-19(2)15-20(3)18-32)31-13-11-30(12-14-31)21-8-6-5-7-9-21/h5-9,16,19-20H,4,10-15,17-18H2,1-3H3,(H2,26,27,28,29,33). The molecule has 4 rings (SSSR count). The lowest BCUT2D eigenvalue weighted by Crippen LogP contribution is -2.47. The molecule has 8 heteroatoms. The maximum atomic E-state index is 5.47. The number of nitrogens with one attached hydrogen (secondary N) is 2. The molecule has 0 aliphatic carbocycles. The Morgan fingerprint density at radius 2 is 1.55 bits per heavy atom. The summed E-state index contributed by atoms with van der Waals surface area (Å²) in [4.78, 5) is 17.0. The van der Waals surface area contributed by atoms with E-state index in [1.54, 1.807) is 0 Å². The van der Waals surface area contributed by atoms with Gasteiger partial charge in [-0.05, 0) is 49.0 Å². The number of benzene rings is 1. The highest BCUT2D eigenvalue weighted by Crippen LogP contribution is 2.29. The van der Waals surface area contributed by atoms with Gasteiger partial charge in [0.1, 0.15) is 11.6 Å². The van der Waals surface area contributed by atoms with Crippen LogP contribution in [0.1, 0.15) is 33.6 Å². The number of nitrogens with zero attached hydrogens (tertiary/aromatic N) is 5. The number of piperidine rings is 1. The molecule has 178 valence electrons. The van der Waals surface area contributed by atoms with Crippen LogP contribution >= 0.6 is 12.2 Å². The average Bonchev–Trinajstić information content (AvgIpc) is 2.82. The summed E-state index contributed by atoms with van der Waals surface area (Å²) in [5, 5.41) is 7.03. The van der Waals surface area contributed by atoms with Crippen molar-refractivity contribution in [2.24, 2.45) is 11.8 Å². The fraction of sp³-hybridized carbons (Fsp3) is 0.560. The Labute approximate surface area is 203 Å². The third kappa shape index (κ3) is 6.25. The summed E-state index contributed by atoms with van der Waals surface area (Å²) in [5.41, 5.74) is 1.28. The lowest BCUT2D eigenvalue weighted by Gasteiger charge is -2.38. The Bertz CT molecular complexity index is 904. The van der Waals surface area contributed by atoms with Gasteiger partial charge >= 0.3 is 0 Å². The van der Waals surface area contributed by atoms with Crippen LogP contribution in [-0.4, -0.2) is 60.9 Å². The minimum atomic E-state index is 0.576. The second kappa shape index (κ2) is 11.0. The highest BCUT2D eigenvalue weighted by atomic mass is 32.1. The van der Waals surface area contributed by atoms with Gasteiger partial charge in [0.25, 0.3) is 0 Å². The van der Waals surface area contributed by atoms with E-state index in [1.165, 1.54) is 12.1 Å². The van der Waals surface area contributed by atoms with E-state index < -0.39 is 0 Å². The predicted molar refractivity (Wildman–Crippen MR) is 143 cm³/mol. The SMILES string of the molecule is CCCNC(=S)Nc1nc(N2CCN(c3ccccc3)CC2)cc(N2CC(C)CC(C)C2)n1. The van der Waals surface area contributed by atoms with E-state index in [1.807, 2.05) is 0 Å². The molecule has 3 heterocycles. The van der Waals surface area contributed by atoms with Crippen molar-refractivity contribution in [3.63, 3.8) is 0 Å². The third-order valence-electron chi connectivity index (χ3n) is 6.38. The molecular weight excluding hydrogens is 430 g/mol. The van der Waals surface area contributed by atoms with E-state index in [0.29, 0.717) is 22.9 Å². The van der Waals surface area contributed by atoms with Gasteiger partial charge in [0.2, 0.25) is 5.95 Å². The second-order valence-electron chi connectivity index (χ2n) is 9.45. The normalized spacial score (nSPS) is 21.1. The largest absolute Gasteiger partial charge is 0.368 e. The maximum Gasteiger partial charge on any atom is 0.232 e. The molecule has 1 aromatic heterocycles. The number of para-hydroxylation sites is 1. The van der Waals surface area contributed by atoms with Crippen molar-refractivity contribution in [3.8, 4) is 0 Å². The lowest BCUT2D eigenvalue weighted by atomic mass is 9.92. The van der Waals surface area contributed by atoms with Crippen molar-refractivity contribution >= 4 is 40.6 Å². The number of anilines is 4. The summed E-state index contributed by atoms with van der Waals surface area (Å²) >= 11 is 5.47. The van der Waals surface area contributed by atoms with Gasteiger partial charge in [-0.25, -0.2) is 0 Å². The van der Waals surface area contributed by atoms with Gasteiger partial charge in [-0.3, -0.25) is 0 Å². The first-order valence-electron chi connectivity index (χ1n) is 12.3. The summed E-state index contributed by atoms with van der Waals surface area (Å²) in [7, 11) is 0. The Morgan fingerprint density at radius 3 is 2.18 bits per heavy atom. The van der Waals surface area contributed by atoms with Crippen molar-refractivity contribution in [2.45, 2.75) is 33.6 Å². The van der Waals surface area contributed by atoms with Gasteiger partial charge in [-0.15, -0.1) is 0 Å². The summed E-state index contributed by atoms with van der Waals surface area (Å²) < 4.78 is 0. The maximum absolute atomic E-state index is 5.47. The molecule has 2 N–H and O–H groups in total. The molecular formula is C25H37N7S. The van der Waals surface area contributed by atoms with Gasteiger partial charge in [0.15, 0.2) is 5.11 Å². The number of hydrogen-bond donors (Lipinski definition) is 2. The molecule has 0 amide bonds. The van der Waals surface area contributed by atoms with Gasteiger partial charge in [0, 0.05) is 57.6 Å². The minimum Gasteiger partial charge on any atom is -0.368 e. The van der Waals surface area contributed by atoms with Crippen LogP contribution in [0, 0.1) is 11.8 Å². The molecule has 2 unspecified atom stereocenters. The van der Waals surface area contributed by atoms with Crippen LogP contribution in [0.2, 0.25) is 0 Å². The van der Waals surface area contributed by atoms with E-state index in [2.05, 4.69) is 82.5 Å². The number of thiocarbonyl (C=S) groups is 1. The molecule has 7 nitrogen and oxygen atoms in total. The summed E-state index contributed by atoms with van der Waals surface area (Å²) in [6.45, 7) is 13.5. The highest BCUT2D eigenvalue weighted by Gasteiger charge is 2.25. The van der Waals surface area contributed by atoms with Crippen LogP contribution in [0.25, 0.3) is 0 Å². The first-order valence-corrected chi connectivity index (χ1v) is 12.7. The van der Waals surface area contributed by atoms with E-state index in [0.717, 1.165) is 63.9 Å². The molecule has 0 saturated carbocycles.